The molecule has 1 heterocycles. The van der Waals surface area contributed by atoms with Crippen LogP contribution in [0.1, 0.15) is 16.7 Å². The maximum atomic E-state index is 13.3. The lowest BCUT2D eigenvalue weighted by molar-refractivity contribution is -0.122. The van der Waals surface area contributed by atoms with Crippen LogP contribution >= 0.6 is 23.2 Å². The number of urea groups is 1. The van der Waals surface area contributed by atoms with Gasteiger partial charge in [0.15, 0.2) is 0 Å². The van der Waals surface area contributed by atoms with E-state index in [-0.39, 0.29) is 5.57 Å². The Morgan fingerprint density at radius 1 is 0.700 bits per heavy atom. The molecule has 40 heavy (non-hydrogen) atoms. The van der Waals surface area contributed by atoms with E-state index in [0.29, 0.717) is 46.0 Å². The van der Waals surface area contributed by atoms with Crippen molar-refractivity contribution in [2.75, 3.05) is 4.90 Å². The van der Waals surface area contributed by atoms with E-state index < -0.39 is 17.8 Å². The van der Waals surface area contributed by atoms with Gasteiger partial charge in [0, 0.05) is 10.0 Å². The van der Waals surface area contributed by atoms with Gasteiger partial charge >= 0.3 is 6.03 Å². The van der Waals surface area contributed by atoms with E-state index in [0.717, 1.165) is 16.0 Å². The minimum absolute atomic E-state index is 0.183. The first-order valence-electron chi connectivity index (χ1n) is 12.2. The summed E-state index contributed by atoms with van der Waals surface area (Å²) in [6.07, 6.45) is 1.43. The first kappa shape index (κ1) is 27.0. The summed E-state index contributed by atoms with van der Waals surface area (Å²) in [7, 11) is 0. The van der Waals surface area contributed by atoms with Crippen LogP contribution in [0.2, 0.25) is 10.0 Å². The number of nitrogens with zero attached hydrogens (tertiary/aromatic N) is 1. The molecular weight excluding hydrogens is 551 g/mol. The van der Waals surface area contributed by atoms with Gasteiger partial charge in [-0.3, -0.25) is 14.9 Å². The van der Waals surface area contributed by atoms with Gasteiger partial charge in [0.05, 0.1) is 5.69 Å². The number of halogens is 2. The van der Waals surface area contributed by atoms with E-state index in [2.05, 4.69) is 5.32 Å². The molecule has 9 heteroatoms. The minimum atomic E-state index is -0.831. The van der Waals surface area contributed by atoms with Crippen LogP contribution < -0.4 is 19.7 Å². The first-order chi connectivity index (χ1) is 19.4. The number of imide groups is 2. The maximum absolute atomic E-state index is 13.3. The molecule has 0 bridgehead atoms. The minimum Gasteiger partial charge on any atom is -0.489 e. The Kier molecular flexibility index (Phi) is 8.15. The summed E-state index contributed by atoms with van der Waals surface area (Å²) < 4.78 is 11.6. The molecule has 200 valence electrons. The molecule has 1 aliphatic heterocycles. The van der Waals surface area contributed by atoms with Crippen molar-refractivity contribution in [3.8, 4) is 11.5 Å². The van der Waals surface area contributed by atoms with Gasteiger partial charge in [-0.2, -0.15) is 0 Å². The second-order valence-electron chi connectivity index (χ2n) is 8.85. The number of rotatable bonds is 8. The third-order valence-electron chi connectivity index (χ3n) is 6.00. The molecule has 4 amide bonds. The van der Waals surface area contributed by atoms with Gasteiger partial charge in [0.2, 0.25) is 0 Å². The zero-order valence-corrected chi connectivity index (χ0v) is 22.5. The summed E-state index contributed by atoms with van der Waals surface area (Å²) in [5, 5.41) is 3.51. The topological polar surface area (TPSA) is 84.9 Å². The normalized spacial score (nSPS) is 14.3. The second kappa shape index (κ2) is 12.1. The van der Waals surface area contributed by atoms with Crippen LogP contribution in [0.3, 0.4) is 0 Å². The van der Waals surface area contributed by atoms with Crippen LogP contribution in [0.4, 0.5) is 10.5 Å². The van der Waals surface area contributed by atoms with Gasteiger partial charge in [-0.05, 0) is 83.4 Å². The van der Waals surface area contributed by atoms with E-state index in [9.17, 15) is 14.4 Å². The first-order valence-corrected chi connectivity index (χ1v) is 13.0. The summed E-state index contributed by atoms with van der Waals surface area (Å²) in [5.74, 6) is -0.418. The lowest BCUT2D eigenvalue weighted by Gasteiger charge is -2.26. The Morgan fingerprint density at radius 2 is 1.27 bits per heavy atom. The van der Waals surface area contributed by atoms with Crippen molar-refractivity contribution in [3.63, 3.8) is 0 Å². The molecule has 7 nitrogen and oxygen atoms in total. The summed E-state index contributed by atoms with van der Waals surface area (Å²) >= 11 is 11.8. The number of nitrogens with one attached hydrogen (secondary N) is 1. The van der Waals surface area contributed by atoms with Gasteiger partial charge in [-0.25, -0.2) is 9.69 Å². The van der Waals surface area contributed by atoms with Gasteiger partial charge < -0.3 is 9.47 Å². The lowest BCUT2D eigenvalue weighted by atomic mass is 10.1. The van der Waals surface area contributed by atoms with Gasteiger partial charge in [-0.1, -0.05) is 59.6 Å². The van der Waals surface area contributed by atoms with Crippen molar-refractivity contribution in [3.05, 3.63) is 129 Å². The molecule has 0 unspecified atom stereocenters. The Balaban J connectivity index is 1.29. The van der Waals surface area contributed by atoms with Crippen LogP contribution in [-0.4, -0.2) is 17.8 Å². The lowest BCUT2D eigenvalue weighted by Crippen LogP contribution is -2.54. The smallest absolute Gasteiger partial charge is 0.335 e. The average Bonchev–Trinajstić information content (AvgIpc) is 2.95. The van der Waals surface area contributed by atoms with Crippen LogP contribution in [-0.2, 0) is 22.8 Å². The molecule has 4 aromatic rings. The van der Waals surface area contributed by atoms with Crippen molar-refractivity contribution in [2.45, 2.75) is 13.2 Å². The fourth-order valence-corrected chi connectivity index (χ4v) is 4.19. The maximum Gasteiger partial charge on any atom is 0.335 e. The largest absolute Gasteiger partial charge is 0.489 e. The van der Waals surface area contributed by atoms with Crippen LogP contribution in [0.25, 0.3) is 6.08 Å². The molecule has 1 saturated heterocycles. The Hall–Kier alpha value is -4.59. The summed E-state index contributed by atoms with van der Waals surface area (Å²) in [5.41, 5.74) is 2.54. The van der Waals surface area contributed by atoms with E-state index in [1.165, 1.54) is 6.08 Å². The van der Waals surface area contributed by atoms with Crippen molar-refractivity contribution in [2.24, 2.45) is 0 Å². The molecule has 0 spiro atoms. The molecule has 0 aromatic heterocycles. The molecule has 1 aliphatic rings. The molecular formula is C31H22Cl2N2O5. The molecule has 0 saturated carbocycles. The zero-order chi connectivity index (χ0) is 28.1. The summed E-state index contributed by atoms with van der Waals surface area (Å²) in [6.45, 7) is 0.641. The number of anilines is 1. The van der Waals surface area contributed by atoms with E-state index in [1.807, 2.05) is 24.3 Å². The monoisotopic (exact) mass is 572 g/mol. The van der Waals surface area contributed by atoms with Crippen molar-refractivity contribution in [1.29, 1.82) is 0 Å². The summed E-state index contributed by atoms with van der Waals surface area (Å²) in [4.78, 5) is 39.4. The molecule has 0 atom stereocenters. The number of benzene rings is 4. The highest BCUT2D eigenvalue weighted by Crippen LogP contribution is 2.26. The zero-order valence-electron chi connectivity index (χ0n) is 21.0. The second-order valence-corrected chi connectivity index (χ2v) is 9.73. The van der Waals surface area contributed by atoms with Gasteiger partial charge in [-0.15, -0.1) is 0 Å². The van der Waals surface area contributed by atoms with E-state index >= 15 is 0 Å². The van der Waals surface area contributed by atoms with Crippen LogP contribution in [0.5, 0.6) is 11.5 Å². The van der Waals surface area contributed by atoms with E-state index in [1.54, 1.807) is 72.8 Å². The number of barbiturate groups is 1. The fraction of sp³-hybridized carbons (Fsp3) is 0.0645. The Labute approximate surface area is 240 Å². The highest BCUT2D eigenvalue weighted by molar-refractivity contribution is 6.39. The number of carbonyl (C=O) groups excluding carboxylic acids is 3. The number of amides is 4. The predicted molar refractivity (Wildman–Crippen MR) is 153 cm³/mol. The Bertz CT molecular complexity index is 1580. The van der Waals surface area contributed by atoms with Crippen molar-refractivity contribution >= 4 is 52.8 Å². The molecule has 0 radical (unpaired) electrons. The fourth-order valence-electron chi connectivity index (χ4n) is 3.94. The van der Waals surface area contributed by atoms with Crippen LogP contribution in [0, 0.1) is 0 Å². The average molecular weight is 573 g/mol. The highest BCUT2D eigenvalue weighted by atomic mass is 35.5. The third-order valence-corrected chi connectivity index (χ3v) is 6.51. The number of hydrogen-bond acceptors (Lipinski definition) is 5. The van der Waals surface area contributed by atoms with Crippen LogP contribution in [0.15, 0.2) is 103 Å². The standard InChI is InChI=1S/C31H22Cl2N2O5/c32-23-8-4-20(5-9-23)18-39-26-14-12-25(13-15-26)35-30(37)28(29(36)34-31(35)38)17-22-2-1-3-27(16-22)40-19-21-6-10-24(33)11-7-21/h1-17H,18-19H2,(H,34,36,38)/b28-17-. The quantitative estimate of drug-likeness (QED) is 0.185. The Morgan fingerprint density at radius 3 is 1.88 bits per heavy atom. The molecule has 1 N–H and O–H groups in total. The third kappa shape index (κ3) is 6.51. The summed E-state index contributed by atoms with van der Waals surface area (Å²) in [6, 6.07) is 27.1. The highest BCUT2D eigenvalue weighted by Gasteiger charge is 2.36. The predicted octanol–water partition coefficient (Wildman–Crippen LogP) is 6.82. The van der Waals surface area contributed by atoms with Gasteiger partial charge in [0.1, 0.15) is 30.3 Å². The molecule has 4 aromatic carbocycles. The SMILES string of the molecule is O=C1NC(=O)N(c2ccc(OCc3ccc(Cl)cc3)cc2)C(=O)/C1=C\c1cccc(OCc2ccc(Cl)cc2)c1. The van der Waals surface area contributed by atoms with Gasteiger partial charge in [0.25, 0.3) is 11.8 Å². The van der Waals surface area contributed by atoms with Crippen molar-refractivity contribution in [1.82, 2.24) is 5.32 Å². The molecule has 0 aliphatic carbocycles. The van der Waals surface area contributed by atoms with Crippen molar-refractivity contribution < 1.29 is 23.9 Å². The number of ether oxygens (including phenoxy) is 2. The number of hydrogen-bond donors (Lipinski definition) is 1. The van der Waals surface area contributed by atoms with E-state index in [4.69, 9.17) is 32.7 Å². The molecule has 5 rings (SSSR count). The number of carbonyl (C=O) groups is 3. The molecule has 1 fully saturated rings.